The lowest BCUT2D eigenvalue weighted by Gasteiger charge is -2.27. The van der Waals surface area contributed by atoms with Crippen molar-refractivity contribution in [3.63, 3.8) is 0 Å². The molecule has 1 aromatic carbocycles. The molecule has 1 N–H and O–H groups in total. The summed E-state index contributed by atoms with van der Waals surface area (Å²) in [5.41, 5.74) is 0.851. The molecule has 16 heavy (non-hydrogen) atoms. The average molecular weight is 308 g/mol. The standard InChI is InChI=1S/C11H13BrClFN2/c12-9-6-10(13)8(5-11(9)14)7-16-3-1-15-2-4-16/h5-6,15H,1-4,7H2. The smallest absolute Gasteiger partial charge is 0.137 e. The highest BCUT2D eigenvalue weighted by atomic mass is 79.9. The summed E-state index contributed by atoms with van der Waals surface area (Å²) in [4.78, 5) is 2.27. The Labute approximate surface area is 108 Å². The average Bonchev–Trinajstić information content (AvgIpc) is 2.27. The number of halogens is 3. The molecule has 0 radical (unpaired) electrons. The van der Waals surface area contributed by atoms with Crippen LogP contribution in [-0.2, 0) is 6.54 Å². The first kappa shape index (κ1) is 12.3. The molecule has 2 nitrogen and oxygen atoms in total. The van der Waals surface area contributed by atoms with Crippen molar-refractivity contribution in [3.05, 3.63) is 33.0 Å². The Bertz CT molecular complexity index is 380. The van der Waals surface area contributed by atoms with Crippen molar-refractivity contribution in [2.75, 3.05) is 26.2 Å². The molecule has 1 saturated heterocycles. The van der Waals surface area contributed by atoms with E-state index in [-0.39, 0.29) is 5.82 Å². The van der Waals surface area contributed by atoms with Gasteiger partial charge in [0, 0.05) is 37.7 Å². The molecule has 0 bridgehead atoms. The first-order valence-corrected chi connectivity index (χ1v) is 6.40. The minimum Gasteiger partial charge on any atom is -0.314 e. The number of hydrogen-bond donors (Lipinski definition) is 1. The van der Waals surface area contributed by atoms with E-state index in [2.05, 4.69) is 26.1 Å². The van der Waals surface area contributed by atoms with Crippen LogP contribution >= 0.6 is 27.5 Å². The molecule has 0 amide bonds. The van der Waals surface area contributed by atoms with Crippen LogP contribution < -0.4 is 5.32 Å². The Hall–Kier alpha value is -0.160. The Kier molecular flexibility index (Phi) is 4.19. The summed E-state index contributed by atoms with van der Waals surface area (Å²) in [7, 11) is 0. The molecule has 1 aromatic rings. The summed E-state index contributed by atoms with van der Waals surface area (Å²) in [6, 6.07) is 3.13. The Morgan fingerprint density at radius 2 is 2.06 bits per heavy atom. The number of hydrogen-bond acceptors (Lipinski definition) is 2. The van der Waals surface area contributed by atoms with Crippen molar-refractivity contribution >= 4 is 27.5 Å². The van der Waals surface area contributed by atoms with Gasteiger partial charge in [-0.3, -0.25) is 4.90 Å². The molecule has 0 atom stereocenters. The van der Waals surface area contributed by atoms with Crippen molar-refractivity contribution in [2.45, 2.75) is 6.54 Å². The topological polar surface area (TPSA) is 15.3 Å². The summed E-state index contributed by atoms with van der Waals surface area (Å²) in [5, 5.41) is 3.90. The fourth-order valence-corrected chi connectivity index (χ4v) is 2.49. The lowest BCUT2D eigenvalue weighted by Crippen LogP contribution is -2.42. The van der Waals surface area contributed by atoms with Gasteiger partial charge in [0.05, 0.1) is 4.47 Å². The van der Waals surface area contributed by atoms with Crippen LogP contribution in [0.15, 0.2) is 16.6 Å². The minimum atomic E-state index is -0.255. The van der Waals surface area contributed by atoms with E-state index >= 15 is 0 Å². The predicted molar refractivity (Wildman–Crippen MR) is 67.3 cm³/mol. The van der Waals surface area contributed by atoms with Crippen LogP contribution in [0.4, 0.5) is 4.39 Å². The summed E-state index contributed by atoms with van der Waals surface area (Å²) in [5.74, 6) is -0.255. The number of rotatable bonds is 2. The van der Waals surface area contributed by atoms with Crippen LogP contribution in [-0.4, -0.2) is 31.1 Å². The summed E-state index contributed by atoms with van der Waals surface area (Å²) < 4.78 is 13.8. The van der Waals surface area contributed by atoms with Crippen molar-refractivity contribution < 1.29 is 4.39 Å². The van der Waals surface area contributed by atoms with Gasteiger partial charge >= 0.3 is 0 Å². The second-order valence-electron chi connectivity index (χ2n) is 3.88. The third-order valence-corrected chi connectivity index (χ3v) is 3.65. The van der Waals surface area contributed by atoms with E-state index in [0.717, 1.165) is 31.7 Å². The molecular weight excluding hydrogens is 294 g/mol. The van der Waals surface area contributed by atoms with Crippen LogP contribution in [0.5, 0.6) is 0 Å². The van der Waals surface area contributed by atoms with Gasteiger partial charge in [0.25, 0.3) is 0 Å². The summed E-state index contributed by atoms with van der Waals surface area (Å²) in [6.45, 7) is 4.64. The highest BCUT2D eigenvalue weighted by molar-refractivity contribution is 9.10. The molecule has 1 aliphatic heterocycles. The molecule has 1 aliphatic rings. The Balaban J connectivity index is 2.11. The van der Waals surface area contributed by atoms with Crippen LogP contribution in [0.25, 0.3) is 0 Å². The monoisotopic (exact) mass is 306 g/mol. The molecule has 5 heteroatoms. The maximum absolute atomic E-state index is 13.4. The van der Waals surface area contributed by atoms with Gasteiger partial charge in [0.2, 0.25) is 0 Å². The normalized spacial score (nSPS) is 17.7. The zero-order valence-corrected chi connectivity index (χ0v) is 11.1. The highest BCUT2D eigenvalue weighted by Gasteiger charge is 2.13. The van der Waals surface area contributed by atoms with Crippen LogP contribution in [0.1, 0.15) is 5.56 Å². The summed E-state index contributed by atoms with van der Waals surface area (Å²) >= 11 is 9.20. The van der Waals surface area contributed by atoms with Gasteiger partial charge in [0.1, 0.15) is 5.82 Å². The Morgan fingerprint density at radius 1 is 1.38 bits per heavy atom. The van der Waals surface area contributed by atoms with E-state index in [1.54, 1.807) is 6.07 Å². The van der Waals surface area contributed by atoms with Crippen molar-refractivity contribution in [1.29, 1.82) is 0 Å². The number of piperazine rings is 1. The first-order chi connectivity index (χ1) is 7.66. The largest absolute Gasteiger partial charge is 0.314 e. The van der Waals surface area contributed by atoms with Gasteiger partial charge in [0.15, 0.2) is 0 Å². The van der Waals surface area contributed by atoms with E-state index in [1.165, 1.54) is 6.07 Å². The van der Waals surface area contributed by atoms with Gasteiger partial charge in [-0.2, -0.15) is 0 Å². The molecule has 0 aromatic heterocycles. The molecule has 1 fully saturated rings. The molecule has 1 heterocycles. The maximum atomic E-state index is 13.4. The lowest BCUT2D eigenvalue weighted by molar-refractivity contribution is 0.233. The van der Waals surface area contributed by atoms with Gasteiger partial charge in [-0.05, 0) is 33.6 Å². The molecule has 0 saturated carbocycles. The van der Waals surface area contributed by atoms with Crippen molar-refractivity contribution in [1.82, 2.24) is 10.2 Å². The molecule has 0 unspecified atom stereocenters. The van der Waals surface area contributed by atoms with Gasteiger partial charge < -0.3 is 5.32 Å². The van der Waals surface area contributed by atoms with E-state index in [0.29, 0.717) is 16.0 Å². The molecular formula is C11H13BrClFN2. The van der Waals surface area contributed by atoms with Gasteiger partial charge in [-0.15, -0.1) is 0 Å². The summed E-state index contributed by atoms with van der Waals surface area (Å²) in [6.07, 6.45) is 0. The quantitative estimate of drug-likeness (QED) is 0.845. The zero-order chi connectivity index (χ0) is 11.5. The lowest BCUT2D eigenvalue weighted by atomic mass is 10.2. The van der Waals surface area contributed by atoms with Crippen LogP contribution in [0.2, 0.25) is 5.02 Å². The third-order valence-electron chi connectivity index (χ3n) is 2.69. The molecule has 0 spiro atoms. The maximum Gasteiger partial charge on any atom is 0.137 e. The minimum absolute atomic E-state index is 0.255. The van der Waals surface area contributed by atoms with Gasteiger partial charge in [-0.25, -0.2) is 4.39 Å². The van der Waals surface area contributed by atoms with Crippen LogP contribution in [0, 0.1) is 5.82 Å². The van der Waals surface area contributed by atoms with E-state index < -0.39 is 0 Å². The second-order valence-corrected chi connectivity index (χ2v) is 5.15. The van der Waals surface area contributed by atoms with E-state index in [4.69, 9.17) is 11.6 Å². The van der Waals surface area contributed by atoms with Gasteiger partial charge in [-0.1, -0.05) is 11.6 Å². The fraction of sp³-hybridized carbons (Fsp3) is 0.455. The van der Waals surface area contributed by atoms with Crippen molar-refractivity contribution in [3.8, 4) is 0 Å². The SMILES string of the molecule is Fc1cc(CN2CCNCC2)c(Cl)cc1Br. The van der Waals surface area contributed by atoms with Crippen LogP contribution in [0.3, 0.4) is 0 Å². The zero-order valence-electron chi connectivity index (χ0n) is 8.77. The molecule has 2 rings (SSSR count). The highest BCUT2D eigenvalue weighted by Crippen LogP contribution is 2.25. The third kappa shape index (κ3) is 2.94. The first-order valence-electron chi connectivity index (χ1n) is 5.23. The van der Waals surface area contributed by atoms with Crippen molar-refractivity contribution in [2.24, 2.45) is 0 Å². The molecule has 88 valence electrons. The van der Waals surface area contributed by atoms with E-state index in [1.807, 2.05) is 0 Å². The Morgan fingerprint density at radius 3 is 2.75 bits per heavy atom. The molecule has 0 aliphatic carbocycles. The number of nitrogens with one attached hydrogen (secondary N) is 1. The van der Waals surface area contributed by atoms with E-state index in [9.17, 15) is 4.39 Å². The fourth-order valence-electron chi connectivity index (χ4n) is 1.80. The number of nitrogens with zero attached hydrogens (tertiary/aromatic N) is 1. The second kappa shape index (κ2) is 5.45. The number of benzene rings is 1. The predicted octanol–water partition coefficient (Wildman–Crippen LogP) is 2.65.